The maximum Gasteiger partial charge on any atom is 0.129 e. The standard InChI is InChI=1S/C14H19BrFNO/c1-10(12-5-4-11(15)8-13(12)16)17-9-14(18-2)6-3-7-14/h4-5,8,10,17H,3,6-7,9H2,1-2H3. The predicted octanol–water partition coefficient (Wildman–Crippen LogP) is 3.81. The van der Waals surface area contributed by atoms with E-state index in [2.05, 4.69) is 21.2 Å². The Kier molecular flexibility index (Phi) is 4.41. The van der Waals surface area contributed by atoms with Crippen LogP contribution in [0.2, 0.25) is 0 Å². The highest BCUT2D eigenvalue weighted by Crippen LogP contribution is 2.35. The normalized spacial score (nSPS) is 19.3. The van der Waals surface area contributed by atoms with E-state index in [4.69, 9.17) is 4.74 Å². The number of ether oxygens (including phenoxy) is 1. The molecule has 0 bridgehead atoms. The smallest absolute Gasteiger partial charge is 0.129 e. The van der Waals surface area contributed by atoms with E-state index in [0.29, 0.717) is 5.56 Å². The van der Waals surface area contributed by atoms with Gasteiger partial charge in [0.2, 0.25) is 0 Å². The Bertz CT molecular complexity index is 415. The van der Waals surface area contributed by atoms with Gasteiger partial charge >= 0.3 is 0 Å². The molecule has 1 aliphatic carbocycles. The highest BCUT2D eigenvalue weighted by molar-refractivity contribution is 9.10. The molecule has 1 aromatic rings. The molecule has 4 heteroatoms. The van der Waals surface area contributed by atoms with Gasteiger partial charge in [0, 0.05) is 29.7 Å². The Morgan fingerprint density at radius 3 is 2.72 bits per heavy atom. The lowest BCUT2D eigenvalue weighted by molar-refractivity contribution is -0.0707. The van der Waals surface area contributed by atoms with Crippen LogP contribution in [0.3, 0.4) is 0 Å². The molecular formula is C14H19BrFNO. The Balaban J connectivity index is 1.97. The number of benzene rings is 1. The third-order valence-corrected chi connectivity index (χ3v) is 4.35. The molecule has 2 rings (SSSR count). The van der Waals surface area contributed by atoms with Gasteiger partial charge in [-0.15, -0.1) is 0 Å². The van der Waals surface area contributed by atoms with Crippen LogP contribution < -0.4 is 5.32 Å². The van der Waals surface area contributed by atoms with Crippen molar-refractivity contribution >= 4 is 15.9 Å². The van der Waals surface area contributed by atoms with Crippen LogP contribution in [0, 0.1) is 5.82 Å². The van der Waals surface area contributed by atoms with Crippen molar-refractivity contribution in [2.45, 2.75) is 37.8 Å². The van der Waals surface area contributed by atoms with Crippen molar-refractivity contribution < 1.29 is 9.13 Å². The monoisotopic (exact) mass is 315 g/mol. The summed E-state index contributed by atoms with van der Waals surface area (Å²) in [6.45, 7) is 2.76. The van der Waals surface area contributed by atoms with E-state index in [1.54, 1.807) is 7.11 Å². The van der Waals surface area contributed by atoms with Crippen molar-refractivity contribution in [2.24, 2.45) is 0 Å². The fourth-order valence-electron chi connectivity index (χ4n) is 2.33. The number of halogens is 2. The molecule has 0 radical (unpaired) electrons. The van der Waals surface area contributed by atoms with Crippen LogP contribution >= 0.6 is 15.9 Å². The summed E-state index contributed by atoms with van der Waals surface area (Å²) in [5.41, 5.74) is 0.670. The van der Waals surface area contributed by atoms with Crippen LogP contribution in [-0.4, -0.2) is 19.3 Å². The van der Waals surface area contributed by atoms with Gasteiger partial charge in [0.05, 0.1) is 5.60 Å². The van der Waals surface area contributed by atoms with E-state index in [-0.39, 0.29) is 17.5 Å². The fourth-order valence-corrected chi connectivity index (χ4v) is 2.66. The molecule has 0 spiro atoms. The van der Waals surface area contributed by atoms with E-state index >= 15 is 0 Å². The molecular weight excluding hydrogens is 297 g/mol. The molecule has 0 saturated heterocycles. The molecule has 1 saturated carbocycles. The Morgan fingerprint density at radius 2 is 2.22 bits per heavy atom. The fraction of sp³-hybridized carbons (Fsp3) is 0.571. The molecule has 0 amide bonds. The third kappa shape index (κ3) is 2.92. The number of methoxy groups -OCH3 is 1. The summed E-state index contributed by atoms with van der Waals surface area (Å²) >= 11 is 3.27. The largest absolute Gasteiger partial charge is 0.377 e. The molecule has 0 aromatic heterocycles. The summed E-state index contributed by atoms with van der Waals surface area (Å²) in [7, 11) is 1.76. The SMILES string of the molecule is COC1(CNC(C)c2ccc(Br)cc2F)CCC1. The second kappa shape index (κ2) is 5.68. The van der Waals surface area contributed by atoms with Gasteiger partial charge in [-0.1, -0.05) is 22.0 Å². The molecule has 100 valence electrons. The van der Waals surface area contributed by atoms with Crippen LogP contribution in [0.25, 0.3) is 0 Å². The van der Waals surface area contributed by atoms with Crippen molar-refractivity contribution in [1.82, 2.24) is 5.32 Å². The number of nitrogens with one attached hydrogen (secondary N) is 1. The highest BCUT2D eigenvalue weighted by atomic mass is 79.9. The summed E-state index contributed by atoms with van der Waals surface area (Å²) < 4.78 is 20.1. The van der Waals surface area contributed by atoms with Crippen LogP contribution in [0.1, 0.15) is 37.8 Å². The summed E-state index contributed by atoms with van der Waals surface area (Å²) in [5.74, 6) is -0.176. The molecule has 18 heavy (non-hydrogen) atoms. The molecule has 1 aliphatic rings. The molecule has 1 fully saturated rings. The van der Waals surface area contributed by atoms with Gasteiger partial charge in [-0.3, -0.25) is 0 Å². The van der Waals surface area contributed by atoms with Crippen molar-refractivity contribution in [1.29, 1.82) is 0 Å². The quantitative estimate of drug-likeness (QED) is 0.892. The van der Waals surface area contributed by atoms with E-state index in [1.807, 2.05) is 19.1 Å². The predicted molar refractivity (Wildman–Crippen MR) is 74.1 cm³/mol. The average Bonchev–Trinajstić information content (AvgIpc) is 2.27. The lowest BCUT2D eigenvalue weighted by Gasteiger charge is -2.41. The van der Waals surface area contributed by atoms with Crippen LogP contribution in [0.15, 0.2) is 22.7 Å². The molecule has 1 N–H and O–H groups in total. The summed E-state index contributed by atoms with van der Waals surface area (Å²) in [6, 6.07) is 5.18. The van der Waals surface area contributed by atoms with Gasteiger partial charge in [-0.05, 0) is 38.3 Å². The second-order valence-electron chi connectivity index (χ2n) is 5.01. The summed E-state index contributed by atoms with van der Waals surface area (Å²) in [6.07, 6.45) is 3.40. The molecule has 1 aromatic carbocycles. The van der Waals surface area contributed by atoms with Gasteiger partial charge in [0.1, 0.15) is 5.82 Å². The van der Waals surface area contributed by atoms with E-state index in [0.717, 1.165) is 23.9 Å². The number of hydrogen-bond donors (Lipinski definition) is 1. The second-order valence-corrected chi connectivity index (χ2v) is 5.92. The molecule has 1 atom stereocenters. The van der Waals surface area contributed by atoms with Crippen LogP contribution in [0.5, 0.6) is 0 Å². The molecule has 0 aliphatic heterocycles. The van der Waals surface area contributed by atoms with Gasteiger partial charge in [0.25, 0.3) is 0 Å². The molecule has 0 heterocycles. The molecule has 1 unspecified atom stereocenters. The number of hydrogen-bond acceptors (Lipinski definition) is 2. The number of rotatable bonds is 5. The minimum Gasteiger partial charge on any atom is -0.377 e. The highest BCUT2D eigenvalue weighted by Gasteiger charge is 2.36. The van der Waals surface area contributed by atoms with Crippen LogP contribution in [-0.2, 0) is 4.74 Å². The zero-order valence-electron chi connectivity index (χ0n) is 10.8. The van der Waals surface area contributed by atoms with Gasteiger partial charge < -0.3 is 10.1 Å². The lowest BCUT2D eigenvalue weighted by atomic mass is 9.80. The van der Waals surface area contributed by atoms with E-state index in [9.17, 15) is 4.39 Å². The average molecular weight is 316 g/mol. The van der Waals surface area contributed by atoms with Crippen molar-refractivity contribution in [3.63, 3.8) is 0 Å². The first-order chi connectivity index (χ1) is 8.56. The van der Waals surface area contributed by atoms with E-state index < -0.39 is 0 Å². The van der Waals surface area contributed by atoms with Crippen molar-refractivity contribution in [2.75, 3.05) is 13.7 Å². The zero-order chi connectivity index (χ0) is 13.2. The first kappa shape index (κ1) is 14.0. The topological polar surface area (TPSA) is 21.3 Å². The maximum atomic E-state index is 13.8. The van der Waals surface area contributed by atoms with Gasteiger partial charge in [-0.2, -0.15) is 0 Å². The van der Waals surface area contributed by atoms with E-state index in [1.165, 1.54) is 12.5 Å². The zero-order valence-corrected chi connectivity index (χ0v) is 12.4. The first-order valence-corrected chi connectivity index (χ1v) is 7.09. The van der Waals surface area contributed by atoms with Crippen LogP contribution in [0.4, 0.5) is 4.39 Å². The third-order valence-electron chi connectivity index (χ3n) is 3.86. The van der Waals surface area contributed by atoms with Crippen molar-refractivity contribution in [3.05, 3.63) is 34.1 Å². The summed E-state index contributed by atoms with van der Waals surface area (Å²) in [5, 5.41) is 3.37. The Labute approximate surface area is 116 Å². The lowest BCUT2D eigenvalue weighted by Crippen LogP contribution is -2.48. The maximum absolute atomic E-state index is 13.8. The van der Waals surface area contributed by atoms with Gasteiger partial charge in [-0.25, -0.2) is 4.39 Å². The molecule has 2 nitrogen and oxygen atoms in total. The Morgan fingerprint density at radius 1 is 1.50 bits per heavy atom. The van der Waals surface area contributed by atoms with Crippen molar-refractivity contribution in [3.8, 4) is 0 Å². The minimum atomic E-state index is -0.176. The minimum absolute atomic E-state index is 0.00859. The van der Waals surface area contributed by atoms with Gasteiger partial charge in [0.15, 0.2) is 0 Å². The first-order valence-electron chi connectivity index (χ1n) is 6.30. The summed E-state index contributed by atoms with van der Waals surface area (Å²) in [4.78, 5) is 0. The Hall–Kier alpha value is -0.450.